The number of hydrogen-bond acceptors (Lipinski definition) is 4. The van der Waals surface area contributed by atoms with Gasteiger partial charge in [-0.1, -0.05) is 37.6 Å². The fourth-order valence-corrected chi connectivity index (χ4v) is 5.37. The van der Waals surface area contributed by atoms with Crippen LogP contribution in [0.25, 0.3) is 0 Å². The summed E-state index contributed by atoms with van der Waals surface area (Å²) in [6.45, 7) is 7.50. The lowest BCUT2D eigenvalue weighted by Gasteiger charge is -2.38. The molecule has 0 saturated carbocycles. The number of Topliss-reactive ketones (excluding diaryl/α,β-unsaturated/α-hetero) is 1. The summed E-state index contributed by atoms with van der Waals surface area (Å²) in [5.74, 6) is 0.125. The van der Waals surface area contributed by atoms with Crippen LogP contribution in [0.3, 0.4) is 0 Å². The van der Waals surface area contributed by atoms with Crippen molar-refractivity contribution in [2.75, 3.05) is 0 Å². The molecule has 0 saturated heterocycles. The molecule has 0 amide bonds. The molecule has 0 aliphatic heterocycles. The number of allylic oxidation sites excluding steroid dienone is 1. The van der Waals surface area contributed by atoms with Crippen molar-refractivity contribution in [3.8, 4) is 5.75 Å². The molecule has 5 heteroatoms. The number of para-hydroxylation sites is 1. The van der Waals surface area contributed by atoms with Gasteiger partial charge in [-0.3, -0.25) is 4.79 Å². The lowest BCUT2D eigenvalue weighted by atomic mass is 9.71. The van der Waals surface area contributed by atoms with Crippen LogP contribution < -0.4 is 4.18 Å². The third-order valence-corrected chi connectivity index (χ3v) is 6.17. The van der Waals surface area contributed by atoms with Crippen LogP contribution >= 0.6 is 0 Å². The molecular weight excluding hydrogens is 324 g/mol. The summed E-state index contributed by atoms with van der Waals surface area (Å²) in [5.41, 5.74) is 1.66. The zero-order valence-corrected chi connectivity index (χ0v) is 15.7. The number of hydrogen-bond donors (Lipinski definition) is 0. The first-order valence-electron chi connectivity index (χ1n) is 8.31. The molecule has 1 unspecified atom stereocenters. The molecule has 1 aliphatic rings. The number of carbonyl (C=O) groups excluding carboxylic acids is 1. The molecule has 2 rings (SSSR count). The van der Waals surface area contributed by atoms with E-state index in [1.54, 1.807) is 30.3 Å². The van der Waals surface area contributed by atoms with Crippen molar-refractivity contribution in [3.05, 3.63) is 41.5 Å². The molecule has 0 fully saturated rings. The van der Waals surface area contributed by atoms with E-state index in [2.05, 4.69) is 13.8 Å². The maximum atomic E-state index is 13.0. The van der Waals surface area contributed by atoms with Gasteiger partial charge in [0.05, 0.1) is 0 Å². The minimum absolute atomic E-state index is 0.0503. The molecule has 24 heavy (non-hydrogen) atoms. The maximum Gasteiger partial charge on any atom is 0.316 e. The van der Waals surface area contributed by atoms with Crippen LogP contribution in [0.2, 0.25) is 0 Å². The molecular formula is C19H26O4S. The molecule has 1 aromatic rings. The first-order valence-corrected chi connectivity index (χ1v) is 9.78. The summed E-state index contributed by atoms with van der Waals surface area (Å²) >= 11 is 0. The van der Waals surface area contributed by atoms with Crippen LogP contribution in [0, 0.1) is 5.41 Å². The topological polar surface area (TPSA) is 60.4 Å². The molecule has 0 heterocycles. The lowest BCUT2D eigenvalue weighted by Crippen LogP contribution is -2.37. The van der Waals surface area contributed by atoms with Crippen molar-refractivity contribution < 1.29 is 17.4 Å². The second-order valence-electron chi connectivity index (χ2n) is 7.22. The Bertz CT molecular complexity index is 730. The van der Waals surface area contributed by atoms with Crippen molar-refractivity contribution in [2.24, 2.45) is 5.41 Å². The maximum absolute atomic E-state index is 13.0. The molecule has 1 aliphatic carbocycles. The van der Waals surface area contributed by atoms with Gasteiger partial charge < -0.3 is 4.18 Å². The Labute approximate surface area is 145 Å². The van der Waals surface area contributed by atoms with E-state index in [-0.39, 0.29) is 23.4 Å². The highest BCUT2D eigenvalue weighted by molar-refractivity contribution is 7.88. The minimum Gasteiger partial charge on any atom is -0.382 e. The number of rotatable bonds is 6. The van der Waals surface area contributed by atoms with Crippen LogP contribution in [0.5, 0.6) is 5.75 Å². The highest BCUT2D eigenvalue weighted by Crippen LogP contribution is 2.44. The molecule has 1 aromatic carbocycles. The summed E-state index contributed by atoms with van der Waals surface area (Å²) in [5, 5.41) is -0.925. The zero-order chi connectivity index (χ0) is 18.0. The van der Waals surface area contributed by atoms with Crippen molar-refractivity contribution in [1.29, 1.82) is 0 Å². The first kappa shape index (κ1) is 18.7. The Morgan fingerprint density at radius 2 is 1.88 bits per heavy atom. The smallest absolute Gasteiger partial charge is 0.316 e. The summed E-state index contributed by atoms with van der Waals surface area (Å²) < 4.78 is 31.3. The average molecular weight is 350 g/mol. The fraction of sp³-hybridized carbons (Fsp3) is 0.526. The number of carbonyl (C=O) groups is 1. The SMILES string of the molecule is CC(=O)CC(C1=C(C)CCCC1(C)C)S(=O)(=O)Oc1ccccc1. The monoisotopic (exact) mass is 350 g/mol. The van der Waals surface area contributed by atoms with E-state index in [0.29, 0.717) is 0 Å². The molecule has 0 spiro atoms. The minimum atomic E-state index is -3.95. The Morgan fingerprint density at radius 1 is 1.25 bits per heavy atom. The first-order chi connectivity index (χ1) is 11.1. The van der Waals surface area contributed by atoms with Gasteiger partial charge in [-0.05, 0) is 56.2 Å². The van der Waals surface area contributed by atoms with Crippen LogP contribution in [-0.2, 0) is 14.9 Å². The van der Waals surface area contributed by atoms with Crippen molar-refractivity contribution in [2.45, 2.75) is 58.6 Å². The van der Waals surface area contributed by atoms with Gasteiger partial charge in [0.1, 0.15) is 16.8 Å². The molecule has 1 atom stereocenters. The highest BCUT2D eigenvalue weighted by atomic mass is 32.2. The standard InChI is InChI=1S/C19H26O4S/c1-14-9-8-12-19(3,4)18(14)17(13-15(2)20)24(21,22)23-16-10-6-5-7-11-16/h5-7,10-11,17H,8-9,12-13H2,1-4H3. The van der Waals surface area contributed by atoms with Gasteiger partial charge in [-0.15, -0.1) is 0 Å². The predicted molar refractivity (Wildman–Crippen MR) is 95.4 cm³/mol. The van der Waals surface area contributed by atoms with Gasteiger partial charge in [0.15, 0.2) is 0 Å². The normalized spacial score (nSPS) is 19.0. The lowest BCUT2D eigenvalue weighted by molar-refractivity contribution is -0.116. The zero-order valence-electron chi connectivity index (χ0n) is 14.8. The van der Waals surface area contributed by atoms with Crippen molar-refractivity contribution in [1.82, 2.24) is 0 Å². The Balaban J connectivity index is 2.46. The van der Waals surface area contributed by atoms with Crippen LogP contribution in [0.15, 0.2) is 41.5 Å². The predicted octanol–water partition coefficient (Wildman–Crippen LogP) is 4.27. The summed E-state index contributed by atoms with van der Waals surface area (Å²) in [7, 11) is -3.95. The van der Waals surface area contributed by atoms with Gasteiger partial charge in [-0.25, -0.2) is 0 Å². The van der Waals surface area contributed by atoms with E-state index in [4.69, 9.17) is 4.18 Å². The van der Waals surface area contributed by atoms with Crippen LogP contribution in [0.1, 0.15) is 53.4 Å². The van der Waals surface area contributed by atoms with Crippen LogP contribution in [-0.4, -0.2) is 19.5 Å². The number of ketones is 1. The molecule has 0 N–H and O–H groups in total. The molecule has 132 valence electrons. The Hall–Kier alpha value is -1.62. The van der Waals surface area contributed by atoms with Gasteiger partial charge in [-0.2, -0.15) is 8.42 Å². The Kier molecular flexibility index (Phi) is 5.53. The van der Waals surface area contributed by atoms with Gasteiger partial charge in [0.2, 0.25) is 0 Å². The van der Waals surface area contributed by atoms with Crippen LogP contribution in [0.4, 0.5) is 0 Å². The third kappa shape index (κ3) is 4.26. The van der Waals surface area contributed by atoms with E-state index in [1.807, 2.05) is 6.92 Å². The average Bonchev–Trinajstić information content (AvgIpc) is 2.45. The van der Waals surface area contributed by atoms with Gasteiger partial charge in [0, 0.05) is 6.42 Å². The van der Waals surface area contributed by atoms with E-state index >= 15 is 0 Å². The summed E-state index contributed by atoms with van der Waals surface area (Å²) in [6, 6.07) is 8.45. The quantitative estimate of drug-likeness (QED) is 0.568. The van der Waals surface area contributed by atoms with E-state index < -0.39 is 15.4 Å². The largest absolute Gasteiger partial charge is 0.382 e. The highest BCUT2D eigenvalue weighted by Gasteiger charge is 2.41. The summed E-state index contributed by atoms with van der Waals surface area (Å²) in [6.07, 6.45) is 2.77. The van der Waals surface area contributed by atoms with Crippen molar-refractivity contribution in [3.63, 3.8) is 0 Å². The Morgan fingerprint density at radius 3 is 2.42 bits per heavy atom. The van der Waals surface area contributed by atoms with Gasteiger partial charge in [0.25, 0.3) is 0 Å². The van der Waals surface area contributed by atoms with Gasteiger partial charge >= 0.3 is 10.1 Å². The van der Waals surface area contributed by atoms with E-state index in [0.717, 1.165) is 30.4 Å². The molecule has 0 radical (unpaired) electrons. The second kappa shape index (κ2) is 7.09. The fourth-order valence-electron chi connectivity index (χ4n) is 3.63. The molecule has 0 bridgehead atoms. The molecule has 4 nitrogen and oxygen atoms in total. The van der Waals surface area contributed by atoms with E-state index in [1.165, 1.54) is 6.92 Å². The molecule has 0 aromatic heterocycles. The van der Waals surface area contributed by atoms with Crippen molar-refractivity contribution >= 4 is 15.9 Å². The number of benzene rings is 1. The summed E-state index contributed by atoms with van der Waals surface area (Å²) in [4.78, 5) is 11.8. The third-order valence-electron chi connectivity index (χ3n) is 4.64. The van der Waals surface area contributed by atoms with E-state index in [9.17, 15) is 13.2 Å². The second-order valence-corrected chi connectivity index (χ2v) is 8.94.